The maximum atomic E-state index is 13.8. The second-order valence-corrected chi connectivity index (χ2v) is 12.1. The van der Waals surface area contributed by atoms with Crippen molar-refractivity contribution >= 4 is 22.4 Å². The Morgan fingerprint density at radius 1 is 1.03 bits per heavy atom. The fourth-order valence-corrected chi connectivity index (χ4v) is 8.21. The molecule has 0 spiro atoms. The minimum Gasteiger partial charge on any atom is -0.325 e. The number of H-pyrrole nitrogens is 1. The fourth-order valence-electron chi connectivity index (χ4n) is 8.21. The van der Waals surface area contributed by atoms with Gasteiger partial charge >= 0.3 is 0 Å². The van der Waals surface area contributed by atoms with Crippen LogP contribution >= 0.6 is 0 Å². The topological polar surface area (TPSA) is 92.7 Å². The Kier molecular flexibility index (Phi) is 5.49. The number of nitrogens with one attached hydrogen (secondary N) is 2. The summed E-state index contributed by atoms with van der Waals surface area (Å²) in [6, 6.07) is 15.2. The summed E-state index contributed by atoms with van der Waals surface area (Å²) < 4.78 is 1.70. The van der Waals surface area contributed by atoms with Gasteiger partial charge < -0.3 is 9.88 Å². The number of fused-ring (bicyclic) bond motifs is 1. The van der Waals surface area contributed by atoms with Crippen LogP contribution in [0.25, 0.3) is 10.8 Å². The number of pyridine rings is 1. The van der Waals surface area contributed by atoms with Crippen molar-refractivity contribution in [2.24, 2.45) is 23.2 Å². The van der Waals surface area contributed by atoms with Crippen molar-refractivity contribution in [3.05, 3.63) is 88.1 Å². The molecule has 2 heterocycles. The number of aromatic amines is 1. The van der Waals surface area contributed by atoms with E-state index >= 15 is 0 Å². The second kappa shape index (κ2) is 8.93. The number of aromatic nitrogens is 4. The minimum atomic E-state index is -0.416. The van der Waals surface area contributed by atoms with Gasteiger partial charge in [0.2, 0.25) is 5.91 Å². The number of rotatable bonds is 6. The molecule has 4 aliphatic carbocycles. The van der Waals surface area contributed by atoms with E-state index in [1.54, 1.807) is 17.0 Å². The van der Waals surface area contributed by atoms with Crippen LogP contribution in [-0.2, 0) is 4.79 Å². The lowest BCUT2D eigenvalue weighted by Gasteiger charge is -2.56. The van der Waals surface area contributed by atoms with E-state index in [0.717, 1.165) is 34.3 Å². The summed E-state index contributed by atoms with van der Waals surface area (Å²) in [5.41, 5.74) is 3.51. The van der Waals surface area contributed by atoms with Crippen LogP contribution in [0.3, 0.4) is 0 Å². The first-order valence-electron chi connectivity index (χ1n) is 13.8. The van der Waals surface area contributed by atoms with Gasteiger partial charge in [-0.05, 0) is 92.4 Å². The Labute approximate surface area is 221 Å². The summed E-state index contributed by atoms with van der Waals surface area (Å²) in [6.45, 7) is 2.04. The minimum absolute atomic E-state index is 0.0729. The number of carbonyl (C=O) groups excluding carboxylic acids is 1. The molecule has 7 nitrogen and oxygen atoms in total. The number of hydrogen-bond donors (Lipinski definition) is 2. The Balaban J connectivity index is 1.20. The second-order valence-electron chi connectivity index (χ2n) is 12.1. The summed E-state index contributed by atoms with van der Waals surface area (Å²) in [6.07, 6.45) is 11.8. The van der Waals surface area contributed by atoms with E-state index < -0.39 is 6.04 Å². The Bertz CT molecular complexity index is 1520. The lowest BCUT2D eigenvalue weighted by atomic mass is 9.49. The SMILES string of the molecule is Cc1ccc(C(c2cn[nH]n2)n2ccc3c(NC(=O)CC45CC6CC(CC(C6)C4)C5)cccc3c2=O)cc1. The standard InChI is InChI=1S/C31H33N5O2/c1-19-5-7-23(8-6-19)29(27-18-32-35-34-27)36-10-9-24-25(30(36)38)3-2-4-26(24)33-28(37)17-31-14-20-11-21(15-31)13-22(12-20)16-31/h2-10,18,20-22,29H,11-17H2,1H3,(H,33,37)(H,32,34,35). The first kappa shape index (κ1) is 23.4. The predicted octanol–water partition coefficient (Wildman–Crippen LogP) is 5.61. The van der Waals surface area contributed by atoms with Gasteiger partial charge in [-0.25, -0.2) is 0 Å². The van der Waals surface area contributed by atoms with Crippen molar-refractivity contribution < 1.29 is 4.79 Å². The van der Waals surface area contributed by atoms with Crippen molar-refractivity contribution in [3.8, 4) is 0 Å². The normalized spacial score (nSPS) is 26.5. The molecule has 1 unspecified atom stereocenters. The van der Waals surface area contributed by atoms with Crippen molar-refractivity contribution in [2.45, 2.75) is 57.9 Å². The first-order chi connectivity index (χ1) is 18.5. The van der Waals surface area contributed by atoms with E-state index in [0.29, 0.717) is 23.2 Å². The lowest BCUT2D eigenvalue weighted by molar-refractivity contribution is -0.124. The maximum absolute atomic E-state index is 13.8. The van der Waals surface area contributed by atoms with Crippen LogP contribution in [0.15, 0.2) is 65.7 Å². The highest BCUT2D eigenvalue weighted by atomic mass is 16.1. The van der Waals surface area contributed by atoms with Crippen LogP contribution in [0.4, 0.5) is 5.69 Å². The van der Waals surface area contributed by atoms with Crippen molar-refractivity contribution in [2.75, 3.05) is 5.32 Å². The van der Waals surface area contributed by atoms with Gasteiger partial charge in [0.25, 0.3) is 5.56 Å². The van der Waals surface area contributed by atoms with Gasteiger partial charge in [0.1, 0.15) is 11.7 Å². The van der Waals surface area contributed by atoms with Crippen molar-refractivity contribution in [1.29, 1.82) is 0 Å². The molecule has 4 saturated carbocycles. The van der Waals surface area contributed by atoms with E-state index in [1.807, 2.05) is 55.5 Å². The van der Waals surface area contributed by atoms with Crippen molar-refractivity contribution in [3.63, 3.8) is 0 Å². The summed E-state index contributed by atoms with van der Waals surface area (Å²) >= 11 is 0. The molecule has 0 saturated heterocycles. The predicted molar refractivity (Wildman–Crippen MR) is 147 cm³/mol. The zero-order valence-corrected chi connectivity index (χ0v) is 21.7. The molecule has 7 heteroatoms. The highest BCUT2D eigenvalue weighted by Gasteiger charge is 2.51. The fraction of sp³-hybridized carbons (Fsp3) is 0.419. The zero-order chi connectivity index (χ0) is 25.9. The maximum Gasteiger partial charge on any atom is 0.259 e. The van der Waals surface area contributed by atoms with E-state index in [-0.39, 0.29) is 16.9 Å². The average Bonchev–Trinajstić information content (AvgIpc) is 3.40. The van der Waals surface area contributed by atoms with Crippen LogP contribution in [0.2, 0.25) is 0 Å². The smallest absolute Gasteiger partial charge is 0.259 e. The molecular weight excluding hydrogens is 474 g/mol. The van der Waals surface area contributed by atoms with E-state index in [1.165, 1.54) is 38.5 Å². The summed E-state index contributed by atoms with van der Waals surface area (Å²) in [5.74, 6) is 2.52. The molecular formula is C31H33N5O2. The quantitative estimate of drug-likeness (QED) is 0.355. The van der Waals surface area contributed by atoms with Gasteiger partial charge in [-0.15, -0.1) is 0 Å². The summed E-state index contributed by atoms with van der Waals surface area (Å²) in [4.78, 5) is 27.2. The van der Waals surface area contributed by atoms with Gasteiger partial charge in [0.15, 0.2) is 0 Å². The van der Waals surface area contributed by atoms with Gasteiger partial charge in [0.05, 0.1) is 6.20 Å². The van der Waals surface area contributed by atoms with Gasteiger partial charge in [-0.2, -0.15) is 15.4 Å². The van der Waals surface area contributed by atoms with E-state index in [2.05, 4.69) is 20.7 Å². The first-order valence-corrected chi connectivity index (χ1v) is 13.8. The molecule has 8 rings (SSSR count). The summed E-state index contributed by atoms with van der Waals surface area (Å²) in [5, 5.41) is 15.5. The molecule has 0 aliphatic heterocycles. The molecule has 194 valence electrons. The third-order valence-electron chi connectivity index (χ3n) is 9.33. The number of amides is 1. The molecule has 4 aliphatic rings. The third-order valence-corrected chi connectivity index (χ3v) is 9.33. The van der Waals surface area contributed by atoms with Gasteiger partial charge in [0, 0.05) is 29.1 Å². The monoisotopic (exact) mass is 507 g/mol. The largest absolute Gasteiger partial charge is 0.325 e. The summed E-state index contributed by atoms with van der Waals surface area (Å²) in [7, 11) is 0. The molecule has 4 aromatic rings. The Hall–Kier alpha value is -3.74. The number of carbonyl (C=O) groups is 1. The molecule has 1 atom stereocenters. The molecule has 0 radical (unpaired) electrons. The number of benzene rings is 2. The number of nitrogens with zero attached hydrogens (tertiary/aromatic N) is 3. The van der Waals surface area contributed by atoms with Crippen LogP contribution < -0.4 is 10.9 Å². The van der Waals surface area contributed by atoms with Crippen molar-refractivity contribution in [1.82, 2.24) is 20.0 Å². The number of aryl methyl sites for hydroxylation is 1. The number of anilines is 1. The Morgan fingerprint density at radius 2 is 1.74 bits per heavy atom. The van der Waals surface area contributed by atoms with E-state index in [9.17, 15) is 9.59 Å². The average molecular weight is 508 g/mol. The van der Waals surface area contributed by atoms with Gasteiger partial charge in [-0.3, -0.25) is 9.59 Å². The molecule has 38 heavy (non-hydrogen) atoms. The molecule has 4 bridgehead atoms. The lowest BCUT2D eigenvalue weighted by Crippen LogP contribution is -2.47. The molecule has 2 aromatic carbocycles. The van der Waals surface area contributed by atoms with Crippen LogP contribution in [-0.4, -0.2) is 25.9 Å². The van der Waals surface area contributed by atoms with Crippen LogP contribution in [0, 0.1) is 30.1 Å². The molecule has 4 fully saturated rings. The zero-order valence-electron chi connectivity index (χ0n) is 21.7. The van der Waals surface area contributed by atoms with Gasteiger partial charge in [-0.1, -0.05) is 35.9 Å². The third kappa shape index (κ3) is 4.05. The van der Waals surface area contributed by atoms with E-state index in [4.69, 9.17) is 0 Å². The highest BCUT2D eigenvalue weighted by Crippen LogP contribution is 2.61. The number of hydrogen-bond acceptors (Lipinski definition) is 4. The van der Waals surface area contributed by atoms with Crippen LogP contribution in [0.1, 0.15) is 67.8 Å². The molecule has 1 amide bonds. The molecule has 2 aromatic heterocycles. The van der Waals surface area contributed by atoms with Crippen LogP contribution in [0.5, 0.6) is 0 Å². The molecule has 2 N–H and O–H groups in total. The Morgan fingerprint density at radius 3 is 2.39 bits per heavy atom. The highest BCUT2D eigenvalue weighted by molar-refractivity contribution is 6.02.